The molecule has 0 radical (unpaired) electrons. The van der Waals surface area contributed by atoms with Crippen LogP contribution in [0, 0.1) is 11.6 Å². The number of aromatic nitrogens is 2. The predicted octanol–water partition coefficient (Wildman–Crippen LogP) is 3.88. The fourth-order valence-corrected chi connectivity index (χ4v) is 3.14. The van der Waals surface area contributed by atoms with E-state index in [1.165, 1.54) is 18.2 Å². The van der Waals surface area contributed by atoms with E-state index in [0.717, 1.165) is 11.6 Å². The zero-order valence-corrected chi connectivity index (χ0v) is 14.7. The smallest absolute Gasteiger partial charge is 0.256 e. The molecule has 2 amide bonds. The molecule has 3 N–H and O–H groups in total. The number of halogens is 2. The summed E-state index contributed by atoms with van der Waals surface area (Å²) in [4.78, 5) is 24.1. The monoisotopic (exact) mass is 382 g/mol. The average Bonchev–Trinajstić information content (AvgIpc) is 3.04. The number of amides is 2. The molecule has 4 rings (SSSR count). The van der Waals surface area contributed by atoms with Gasteiger partial charge in [0.05, 0.1) is 5.69 Å². The van der Waals surface area contributed by atoms with Crippen LogP contribution in [0.5, 0.6) is 0 Å². The summed E-state index contributed by atoms with van der Waals surface area (Å²) in [5, 5.41) is 12.0. The Morgan fingerprint density at radius 2 is 1.96 bits per heavy atom. The Kier molecular flexibility index (Phi) is 4.60. The van der Waals surface area contributed by atoms with Crippen molar-refractivity contribution in [3.05, 3.63) is 65.2 Å². The normalized spacial score (nSPS) is 13.4. The quantitative estimate of drug-likeness (QED) is 0.642. The van der Waals surface area contributed by atoms with Crippen LogP contribution in [0.25, 0.3) is 11.3 Å². The summed E-state index contributed by atoms with van der Waals surface area (Å²) >= 11 is 0. The number of hydrogen-bond donors (Lipinski definition) is 3. The number of aromatic amines is 1. The predicted molar refractivity (Wildman–Crippen MR) is 99.9 cm³/mol. The highest BCUT2D eigenvalue weighted by Gasteiger charge is 2.17. The number of aryl methyl sites for hydroxylation is 1. The molecule has 0 atom stereocenters. The average molecular weight is 382 g/mol. The lowest BCUT2D eigenvalue weighted by atomic mass is 10.0. The molecule has 0 bridgehead atoms. The highest BCUT2D eigenvalue weighted by Crippen LogP contribution is 2.26. The third-order valence-corrected chi connectivity index (χ3v) is 4.55. The standard InChI is InChI=1S/C20H16F2N4O2/c21-14-5-2-4-13(19(14)22)16-10-17(26-25-16)24-20(28)12-7-8-15-11(9-12)3-1-6-18(27)23-15/h2,4-5,7-10H,1,3,6H2,(H,23,27)(H2,24,25,26,28). The molecule has 1 aliphatic rings. The summed E-state index contributed by atoms with van der Waals surface area (Å²) in [5.74, 6) is -2.20. The topological polar surface area (TPSA) is 86.9 Å². The minimum atomic E-state index is -0.989. The third kappa shape index (κ3) is 3.48. The van der Waals surface area contributed by atoms with Crippen LogP contribution in [0.1, 0.15) is 28.8 Å². The third-order valence-electron chi connectivity index (χ3n) is 4.55. The van der Waals surface area contributed by atoms with Crippen LogP contribution in [0.3, 0.4) is 0 Å². The van der Waals surface area contributed by atoms with E-state index in [4.69, 9.17) is 0 Å². The lowest BCUT2D eigenvalue weighted by molar-refractivity contribution is -0.116. The number of carbonyl (C=O) groups excluding carboxylic acids is 2. The molecule has 1 aliphatic heterocycles. The highest BCUT2D eigenvalue weighted by atomic mass is 19.2. The molecule has 0 unspecified atom stereocenters. The van der Waals surface area contributed by atoms with Gasteiger partial charge >= 0.3 is 0 Å². The minimum Gasteiger partial charge on any atom is -0.326 e. The van der Waals surface area contributed by atoms with Gasteiger partial charge in [0.2, 0.25) is 5.91 Å². The first-order chi connectivity index (χ1) is 13.5. The molecule has 2 aromatic carbocycles. The van der Waals surface area contributed by atoms with Crippen molar-refractivity contribution >= 4 is 23.3 Å². The Morgan fingerprint density at radius 1 is 1.11 bits per heavy atom. The number of H-pyrrole nitrogens is 1. The molecule has 0 saturated carbocycles. The SMILES string of the molecule is O=C1CCCc2cc(C(=O)Nc3cc(-c4cccc(F)c4F)[nH]n3)ccc2N1. The van der Waals surface area contributed by atoms with Crippen molar-refractivity contribution in [1.82, 2.24) is 10.2 Å². The van der Waals surface area contributed by atoms with Crippen LogP contribution in [0.4, 0.5) is 20.3 Å². The van der Waals surface area contributed by atoms with Crippen molar-refractivity contribution in [1.29, 1.82) is 0 Å². The molecule has 0 fully saturated rings. The van der Waals surface area contributed by atoms with E-state index in [1.54, 1.807) is 18.2 Å². The lowest BCUT2D eigenvalue weighted by Crippen LogP contribution is -2.13. The van der Waals surface area contributed by atoms with Crippen LogP contribution in [-0.4, -0.2) is 22.0 Å². The van der Waals surface area contributed by atoms with Crippen LogP contribution in [-0.2, 0) is 11.2 Å². The summed E-state index contributed by atoms with van der Waals surface area (Å²) in [6, 6.07) is 10.3. The van der Waals surface area contributed by atoms with Gasteiger partial charge in [-0.3, -0.25) is 14.7 Å². The second kappa shape index (κ2) is 7.22. The lowest BCUT2D eigenvalue weighted by Gasteiger charge is -2.09. The molecule has 3 aromatic rings. The summed E-state index contributed by atoms with van der Waals surface area (Å²) in [6.45, 7) is 0. The molecule has 6 nitrogen and oxygen atoms in total. The summed E-state index contributed by atoms with van der Waals surface area (Å²) in [6.07, 6.45) is 1.86. The van der Waals surface area contributed by atoms with Crippen LogP contribution in [0.2, 0.25) is 0 Å². The van der Waals surface area contributed by atoms with Crippen LogP contribution < -0.4 is 10.6 Å². The van der Waals surface area contributed by atoms with Crippen molar-refractivity contribution in [2.24, 2.45) is 0 Å². The van der Waals surface area contributed by atoms with E-state index in [0.29, 0.717) is 30.5 Å². The van der Waals surface area contributed by atoms with Gasteiger partial charge in [-0.2, -0.15) is 5.10 Å². The molecule has 0 spiro atoms. The number of rotatable bonds is 3. The van der Waals surface area contributed by atoms with Crippen LogP contribution in [0.15, 0.2) is 42.5 Å². The molecule has 28 heavy (non-hydrogen) atoms. The van der Waals surface area contributed by atoms with Gasteiger partial charge in [0.15, 0.2) is 17.5 Å². The minimum absolute atomic E-state index is 0.0220. The number of benzene rings is 2. The number of nitrogens with zero attached hydrogens (tertiary/aromatic N) is 1. The summed E-state index contributed by atoms with van der Waals surface area (Å²) in [5.41, 5.74) is 2.29. The van der Waals surface area contributed by atoms with Gasteiger partial charge in [-0.05, 0) is 48.7 Å². The zero-order chi connectivity index (χ0) is 19.7. The molecule has 0 aliphatic carbocycles. The van der Waals surface area contributed by atoms with E-state index in [9.17, 15) is 18.4 Å². The maximum Gasteiger partial charge on any atom is 0.256 e. The Labute approximate surface area is 159 Å². The van der Waals surface area contributed by atoms with Crippen molar-refractivity contribution in [2.75, 3.05) is 10.6 Å². The Balaban J connectivity index is 1.53. The van der Waals surface area contributed by atoms with Gasteiger partial charge < -0.3 is 10.6 Å². The fraction of sp³-hybridized carbons (Fsp3) is 0.150. The Bertz CT molecular complexity index is 1080. The maximum atomic E-state index is 13.9. The number of nitrogens with one attached hydrogen (secondary N) is 3. The van der Waals surface area contributed by atoms with Crippen molar-refractivity contribution in [2.45, 2.75) is 19.3 Å². The highest BCUT2D eigenvalue weighted by molar-refractivity contribution is 6.04. The van der Waals surface area contributed by atoms with Gasteiger partial charge in [0, 0.05) is 29.3 Å². The van der Waals surface area contributed by atoms with E-state index in [-0.39, 0.29) is 23.0 Å². The molecular weight excluding hydrogens is 366 g/mol. The molecule has 2 heterocycles. The van der Waals surface area contributed by atoms with E-state index >= 15 is 0 Å². The van der Waals surface area contributed by atoms with Gasteiger partial charge in [-0.15, -0.1) is 0 Å². The van der Waals surface area contributed by atoms with Crippen molar-refractivity contribution < 1.29 is 18.4 Å². The Morgan fingerprint density at radius 3 is 2.82 bits per heavy atom. The first-order valence-corrected chi connectivity index (χ1v) is 8.75. The Hall–Kier alpha value is -3.55. The number of carbonyl (C=O) groups is 2. The first kappa shape index (κ1) is 17.8. The van der Waals surface area contributed by atoms with E-state index in [1.807, 2.05) is 0 Å². The number of fused-ring (bicyclic) bond motifs is 1. The molecular formula is C20H16F2N4O2. The van der Waals surface area contributed by atoms with Gasteiger partial charge in [0.25, 0.3) is 5.91 Å². The molecule has 0 saturated heterocycles. The van der Waals surface area contributed by atoms with E-state index in [2.05, 4.69) is 20.8 Å². The zero-order valence-electron chi connectivity index (χ0n) is 14.7. The summed E-state index contributed by atoms with van der Waals surface area (Å²) < 4.78 is 27.3. The van der Waals surface area contributed by atoms with E-state index < -0.39 is 17.5 Å². The number of hydrogen-bond acceptors (Lipinski definition) is 3. The second-order valence-corrected chi connectivity index (χ2v) is 6.50. The second-order valence-electron chi connectivity index (χ2n) is 6.50. The van der Waals surface area contributed by atoms with Gasteiger partial charge in [-0.25, -0.2) is 8.78 Å². The van der Waals surface area contributed by atoms with Crippen molar-refractivity contribution in [3.63, 3.8) is 0 Å². The van der Waals surface area contributed by atoms with Crippen molar-refractivity contribution in [3.8, 4) is 11.3 Å². The van der Waals surface area contributed by atoms with Crippen LogP contribution >= 0.6 is 0 Å². The maximum absolute atomic E-state index is 13.9. The molecule has 1 aromatic heterocycles. The van der Waals surface area contributed by atoms with Gasteiger partial charge in [-0.1, -0.05) is 6.07 Å². The van der Waals surface area contributed by atoms with Gasteiger partial charge in [0.1, 0.15) is 0 Å². The summed E-state index contributed by atoms with van der Waals surface area (Å²) in [7, 11) is 0. The first-order valence-electron chi connectivity index (χ1n) is 8.75. The molecule has 8 heteroatoms. The fourth-order valence-electron chi connectivity index (χ4n) is 3.14. The largest absolute Gasteiger partial charge is 0.326 e. The molecule has 142 valence electrons. The number of anilines is 2.